The molecule has 2 aromatic carbocycles. The monoisotopic (exact) mass is 598 g/mol. The lowest BCUT2D eigenvalue weighted by molar-refractivity contribution is -0.223. The van der Waals surface area contributed by atoms with Crippen LogP contribution in [0.4, 0.5) is 0 Å². The molecule has 7 nitrogen and oxygen atoms in total. The predicted octanol–water partition coefficient (Wildman–Crippen LogP) is 5.21. The molecule has 5 atom stereocenters. The SMILES string of the molecule is COc1ccc2c3c1O[C@H]1[C@@H](N(C)C(=O)Cc4ccc(Cl)c(Cl)c4)CC[C@@]4(OC(C)=O)[C@@H](C2)N(CC2CC2)CC[C@]314. The fourth-order valence-corrected chi connectivity index (χ4v) is 8.89. The van der Waals surface area contributed by atoms with Crippen LogP contribution in [0.25, 0.3) is 0 Å². The van der Waals surface area contributed by atoms with E-state index >= 15 is 0 Å². The molecule has 0 aromatic heterocycles. The fraction of sp³-hybridized carbons (Fsp3) is 0.562. The number of methoxy groups -OCH3 is 1. The minimum Gasteiger partial charge on any atom is -0.493 e. The number of piperidine rings is 1. The average molecular weight is 600 g/mol. The zero-order valence-electron chi connectivity index (χ0n) is 23.8. The zero-order valence-corrected chi connectivity index (χ0v) is 25.3. The lowest BCUT2D eigenvalue weighted by atomic mass is 9.48. The Hall–Kier alpha value is -2.48. The highest BCUT2D eigenvalue weighted by Crippen LogP contribution is 2.67. The first kappa shape index (κ1) is 27.4. The predicted molar refractivity (Wildman–Crippen MR) is 156 cm³/mol. The van der Waals surface area contributed by atoms with Gasteiger partial charge in [0.05, 0.1) is 41.1 Å². The molecule has 7 rings (SSSR count). The van der Waals surface area contributed by atoms with Crippen molar-refractivity contribution in [1.82, 2.24) is 9.80 Å². The molecule has 2 bridgehead atoms. The maximum atomic E-state index is 13.7. The Morgan fingerprint density at radius 3 is 2.63 bits per heavy atom. The molecule has 0 N–H and O–H groups in total. The number of likely N-dealkylation sites (N-methyl/N-ethyl adjacent to an activating group) is 1. The number of esters is 1. The topological polar surface area (TPSA) is 68.3 Å². The summed E-state index contributed by atoms with van der Waals surface area (Å²) in [5, 5.41) is 0.897. The van der Waals surface area contributed by atoms with Crippen molar-refractivity contribution in [1.29, 1.82) is 0 Å². The van der Waals surface area contributed by atoms with E-state index in [0.717, 1.165) is 48.7 Å². The van der Waals surface area contributed by atoms with E-state index in [0.29, 0.717) is 28.6 Å². The van der Waals surface area contributed by atoms with Gasteiger partial charge in [-0.05, 0) is 80.3 Å². The van der Waals surface area contributed by atoms with E-state index in [2.05, 4.69) is 11.0 Å². The Morgan fingerprint density at radius 1 is 1.12 bits per heavy atom. The molecule has 41 heavy (non-hydrogen) atoms. The Labute approximate surface area is 251 Å². The molecular weight excluding hydrogens is 563 g/mol. The number of hydrogen-bond donors (Lipinski definition) is 0. The van der Waals surface area contributed by atoms with Crippen molar-refractivity contribution in [3.63, 3.8) is 0 Å². The van der Waals surface area contributed by atoms with Gasteiger partial charge in [0.25, 0.3) is 0 Å². The highest BCUT2D eigenvalue weighted by molar-refractivity contribution is 6.42. The number of hydrogen-bond acceptors (Lipinski definition) is 6. The van der Waals surface area contributed by atoms with Gasteiger partial charge in [0, 0.05) is 26.1 Å². The third-order valence-corrected chi connectivity index (χ3v) is 11.2. The summed E-state index contributed by atoms with van der Waals surface area (Å²) < 4.78 is 19.3. The van der Waals surface area contributed by atoms with Gasteiger partial charge in [-0.15, -0.1) is 0 Å². The van der Waals surface area contributed by atoms with Crippen molar-refractivity contribution in [2.45, 2.75) is 81.1 Å². The van der Waals surface area contributed by atoms with Gasteiger partial charge in [-0.2, -0.15) is 0 Å². The van der Waals surface area contributed by atoms with Crippen LogP contribution in [0.1, 0.15) is 55.7 Å². The summed E-state index contributed by atoms with van der Waals surface area (Å²) in [5.41, 5.74) is 1.88. The normalized spacial score (nSPS) is 31.2. The van der Waals surface area contributed by atoms with Gasteiger partial charge in [-0.1, -0.05) is 35.3 Å². The first-order chi connectivity index (χ1) is 19.7. The molecule has 0 radical (unpaired) electrons. The number of carbonyl (C=O) groups excluding carboxylic acids is 2. The van der Waals surface area contributed by atoms with E-state index in [1.54, 1.807) is 19.2 Å². The zero-order chi connectivity index (χ0) is 28.7. The van der Waals surface area contributed by atoms with Crippen LogP contribution in [-0.4, -0.2) is 72.7 Å². The summed E-state index contributed by atoms with van der Waals surface area (Å²) in [4.78, 5) is 31.1. The largest absolute Gasteiger partial charge is 0.493 e. The molecule has 1 spiro atoms. The van der Waals surface area contributed by atoms with E-state index in [1.807, 2.05) is 24.1 Å². The average Bonchev–Trinajstić information content (AvgIpc) is 3.69. The molecule has 9 heteroatoms. The first-order valence-corrected chi connectivity index (χ1v) is 15.4. The summed E-state index contributed by atoms with van der Waals surface area (Å²) in [7, 11) is 3.53. The van der Waals surface area contributed by atoms with Gasteiger partial charge in [-0.3, -0.25) is 14.5 Å². The molecular formula is C32H36Cl2N2O5. The van der Waals surface area contributed by atoms with Crippen LogP contribution < -0.4 is 9.47 Å². The van der Waals surface area contributed by atoms with Crippen LogP contribution in [0.15, 0.2) is 30.3 Å². The first-order valence-electron chi connectivity index (χ1n) is 14.7. The van der Waals surface area contributed by atoms with E-state index in [9.17, 15) is 9.59 Å². The van der Waals surface area contributed by atoms with Gasteiger partial charge >= 0.3 is 5.97 Å². The van der Waals surface area contributed by atoms with Crippen LogP contribution in [0.2, 0.25) is 10.0 Å². The Bertz CT molecular complexity index is 1430. The molecule has 2 saturated carbocycles. The molecule has 0 unspecified atom stereocenters. The van der Waals surface area contributed by atoms with Gasteiger partial charge < -0.3 is 19.1 Å². The second-order valence-corrected chi connectivity index (χ2v) is 13.4. The number of amides is 1. The summed E-state index contributed by atoms with van der Waals surface area (Å²) in [6, 6.07) is 9.34. The van der Waals surface area contributed by atoms with Crippen LogP contribution in [-0.2, 0) is 32.6 Å². The fourth-order valence-electron chi connectivity index (χ4n) is 8.57. The summed E-state index contributed by atoms with van der Waals surface area (Å²) in [6.07, 6.45) is 5.32. The van der Waals surface area contributed by atoms with Crippen molar-refractivity contribution >= 4 is 35.1 Å². The summed E-state index contributed by atoms with van der Waals surface area (Å²) >= 11 is 12.4. The lowest BCUT2D eigenvalue weighted by Crippen LogP contribution is -2.79. The van der Waals surface area contributed by atoms with Crippen molar-refractivity contribution in [3.05, 3.63) is 57.1 Å². The third-order valence-electron chi connectivity index (χ3n) is 10.5. The maximum Gasteiger partial charge on any atom is 0.303 e. The number of ether oxygens (including phenoxy) is 3. The van der Waals surface area contributed by atoms with Crippen molar-refractivity contribution in [2.24, 2.45) is 5.92 Å². The van der Waals surface area contributed by atoms with Gasteiger partial charge in [0.1, 0.15) is 11.7 Å². The summed E-state index contributed by atoms with van der Waals surface area (Å²) in [5.74, 6) is 1.88. The van der Waals surface area contributed by atoms with Crippen molar-refractivity contribution in [2.75, 3.05) is 27.2 Å². The highest BCUT2D eigenvalue weighted by Gasteiger charge is 2.75. The number of nitrogens with zero attached hydrogens (tertiary/aromatic N) is 2. The summed E-state index contributed by atoms with van der Waals surface area (Å²) in [6.45, 7) is 3.48. The lowest BCUT2D eigenvalue weighted by Gasteiger charge is -2.65. The quantitative estimate of drug-likeness (QED) is 0.408. The van der Waals surface area contributed by atoms with E-state index in [4.69, 9.17) is 37.4 Å². The van der Waals surface area contributed by atoms with Gasteiger partial charge in [0.15, 0.2) is 11.5 Å². The second-order valence-electron chi connectivity index (χ2n) is 12.6. The number of likely N-dealkylation sites (tertiary alicyclic amines) is 1. The van der Waals surface area contributed by atoms with E-state index < -0.39 is 11.0 Å². The van der Waals surface area contributed by atoms with E-state index in [-0.39, 0.29) is 36.5 Å². The molecule has 2 heterocycles. The van der Waals surface area contributed by atoms with Crippen molar-refractivity contribution in [3.8, 4) is 11.5 Å². The van der Waals surface area contributed by atoms with E-state index in [1.165, 1.54) is 25.3 Å². The van der Waals surface area contributed by atoms with Crippen LogP contribution >= 0.6 is 23.2 Å². The minimum atomic E-state index is -0.731. The molecule has 1 amide bonds. The second kappa shape index (κ2) is 9.78. The number of carbonyl (C=O) groups is 2. The molecule has 2 aromatic rings. The minimum absolute atomic E-state index is 0.0185. The van der Waals surface area contributed by atoms with Crippen LogP contribution in [0, 0.1) is 5.92 Å². The van der Waals surface area contributed by atoms with Crippen molar-refractivity contribution < 1.29 is 23.8 Å². The molecule has 3 fully saturated rings. The van der Waals surface area contributed by atoms with Crippen LogP contribution in [0.5, 0.6) is 11.5 Å². The van der Waals surface area contributed by atoms with Gasteiger partial charge in [0.2, 0.25) is 5.91 Å². The smallest absolute Gasteiger partial charge is 0.303 e. The van der Waals surface area contributed by atoms with Gasteiger partial charge in [-0.25, -0.2) is 0 Å². The Kier molecular flexibility index (Phi) is 6.53. The third kappa shape index (κ3) is 4.02. The molecule has 218 valence electrons. The molecule has 1 saturated heterocycles. The maximum absolute atomic E-state index is 13.7. The number of halogens is 2. The Balaban J connectivity index is 1.31. The molecule has 3 aliphatic carbocycles. The molecule has 2 aliphatic heterocycles. The number of rotatable bonds is 7. The molecule has 5 aliphatic rings. The Morgan fingerprint density at radius 2 is 1.93 bits per heavy atom. The standard InChI is InChI=1S/C32H36Cl2N2O5/c1-18(37)41-32-11-10-24(35(2)27(38)15-20-6-8-22(33)23(34)14-20)30-31(32)12-13-36(17-19-4-5-19)26(32)16-21-7-9-25(39-3)29(40-30)28(21)31/h6-9,14,19,24,26,30H,4-5,10-13,15-17H2,1-3H3/t24-,26+,30-,31-,32+/m0/s1. The van der Waals surface area contributed by atoms with Crippen LogP contribution in [0.3, 0.4) is 0 Å². The number of benzene rings is 2. The highest BCUT2D eigenvalue weighted by atomic mass is 35.5.